The maximum Gasteiger partial charge on any atom is 0.256 e. The molecule has 22 heavy (non-hydrogen) atoms. The molecule has 1 heterocycles. The average molecular weight is 339 g/mol. The van der Waals surface area contributed by atoms with Gasteiger partial charge in [-0.3, -0.25) is 9.78 Å². The third-order valence-corrected chi connectivity index (χ3v) is 2.87. The first-order valence-electron chi connectivity index (χ1n) is 6.11. The molecule has 6 heteroatoms. The van der Waals surface area contributed by atoms with Gasteiger partial charge in [-0.05, 0) is 24.3 Å². The van der Waals surface area contributed by atoms with Gasteiger partial charge in [0.15, 0.2) is 0 Å². The summed E-state index contributed by atoms with van der Waals surface area (Å²) in [4.78, 5) is 17.1. The van der Waals surface area contributed by atoms with Crippen LogP contribution in [0.15, 0.2) is 36.7 Å². The van der Waals surface area contributed by atoms with Crippen molar-refractivity contribution in [3.63, 3.8) is 0 Å². The molecule has 0 aliphatic carbocycles. The van der Waals surface area contributed by atoms with Crippen LogP contribution in [0.3, 0.4) is 0 Å². The number of aromatic nitrogens is 1. The average Bonchev–Trinajstić information content (AvgIpc) is 2.45. The number of hydrogen-bond donors (Lipinski definition) is 0. The molecule has 3 nitrogen and oxygen atoms in total. The van der Waals surface area contributed by atoms with Gasteiger partial charge in [0.1, 0.15) is 5.82 Å². The van der Waals surface area contributed by atoms with Crippen LogP contribution >= 0.6 is 24.0 Å². The molecule has 1 aromatic heterocycles. The van der Waals surface area contributed by atoms with E-state index in [0.29, 0.717) is 16.1 Å². The third kappa shape index (κ3) is 4.45. The topological polar surface area (TPSA) is 33.2 Å². The van der Waals surface area contributed by atoms with Crippen molar-refractivity contribution in [2.45, 2.75) is 0 Å². The quantitative estimate of drug-likeness (QED) is 0.746. The van der Waals surface area contributed by atoms with Crippen LogP contribution in [0.5, 0.6) is 0 Å². The molecule has 0 bridgehead atoms. The predicted octanol–water partition coefficient (Wildman–Crippen LogP) is 3.40. The summed E-state index contributed by atoms with van der Waals surface area (Å²) in [6.07, 6.45) is 3.09. The van der Waals surface area contributed by atoms with E-state index in [4.69, 9.17) is 11.6 Å². The van der Waals surface area contributed by atoms with Crippen LogP contribution < -0.4 is 0 Å². The van der Waals surface area contributed by atoms with E-state index in [1.807, 2.05) is 0 Å². The number of carbonyl (C=O) groups is 1. The Bertz CT molecular complexity index is 751. The summed E-state index contributed by atoms with van der Waals surface area (Å²) in [6, 6.07) is 5.86. The Morgan fingerprint density at radius 3 is 2.50 bits per heavy atom. The molecule has 0 spiro atoms. The van der Waals surface area contributed by atoms with Crippen molar-refractivity contribution < 1.29 is 9.18 Å². The lowest BCUT2D eigenvalue weighted by Gasteiger charge is -2.10. The van der Waals surface area contributed by atoms with Gasteiger partial charge in [-0.15, -0.1) is 12.4 Å². The fourth-order valence-corrected chi connectivity index (χ4v) is 1.81. The van der Waals surface area contributed by atoms with Gasteiger partial charge < -0.3 is 4.90 Å². The Balaban J connectivity index is 0.00000242. The number of halogens is 3. The normalized spacial score (nSPS) is 9.27. The first-order chi connectivity index (χ1) is 9.97. The van der Waals surface area contributed by atoms with Gasteiger partial charge in [0.25, 0.3) is 5.91 Å². The van der Waals surface area contributed by atoms with E-state index in [2.05, 4.69) is 16.8 Å². The number of carbonyl (C=O) groups excluding carboxylic acids is 1. The lowest BCUT2D eigenvalue weighted by molar-refractivity contribution is 0.0823. The minimum absolute atomic E-state index is 0. The lowest BCUT2D eigenvalue weighted by Crippen LogP contribution is -2.22. The maximum atomic E-state index is 13.7. The summed E-state index contributed by atoms with van der Waals surface area (Å²) in [5.41, 5.74) is 1.19. The maximum absolute atomic E-state index is 13.7. The van der Waals surface area contributed by atoms with Crippen molar-refractivity contribution in [2.24, 2.45) is 0 Å². The number of hydrogen-bond acceptors (Lipinski definition) is 2. The SMILES string of the molecule is CN(C)C(=O)c1cc(C#Cc2cncc(Cl)c2)ccc1F.Cl. The zero-order chi connectivity index (χ0) is 15.4. The molecule has 0 saturated heterocycles. The van der Waals surface area contributed by atoms with Crippen LogP contribution in [0.4, 0.5) is 4.39 Å². The van der Waals surface area contributed by atoms with Crippen molar-refractivity contribution >= 4 is 29.9 Å². The molecule has 0 atom stereocenters. The molecular weight excluding hydrogens is 326 g/mol. The van der Waals surface area contributed by atoms with Gasteiger partial charge >= 0.3 is 0 Å². The van der Waals surface area contributed by atoms with Gasteiger partial charge in [-0.25, -0.2) is 4.39 Å². The van der Waals surface area contributed by atoms with Crippen LogP contribution in [0, 0.1) is 17.7 Å². The van der Waals surface area contributed by atoms with E-state index in [0.717, 1.165) is 0 Å². The highest BCUT2D eigenvalue weighted by Gasteiger charge is 2.13. The molecule has 2 rings (SSSR count). The molecule has 114 valence electrons. The highest BCUT2D eigenvalue weighted by atomic mass is 35.5. The second-order valence-electron chi connectivity index (χ2n) is 4.54. The second-order valence-corrected chi connectivity index (χ2v) is 4.97. The van der Waals surface area contributed by atoms with Gasteiger partial charge in [-0.2, -0.15) is 0 Å². The van der Waals surface area contributed by atoms with E-state index in [9.17, 15) is 9.18 Å². The molecule has 0 aliphatic rings. The molecule has 1 aromatic carbocycles. The van der Waals surface area contributed by atoms with Gasteiger partial charge in [-0.1, -0.05) is 23.4 Å². The third-order valence-electron chi connectivity index (χ3n) is 2.66. The highest BCUT2D eigenvalue weighted by Crippen LogP contribution is 2.12. The molecule has 0 radical (unpaired) electrons. The van der Waals surface area contributed by atoms with E-state index in [1.54, 1.807) is 26.4 Å². The Hall–Kier alpha value is -2.09. The number of pyridine rings is 1. The van der Waals surface area contributed by atoms with Crippen molar-refractivity contribution in [1.82, 2.24) is 9.88 Å². The second kappa shape index (κ2) is 7.79. The molecule has 0 N–H and O–H groups in total. The zero-order valence-electron chi connectivity index (χ0n) is 11.9. The minimum atomic E-state index is -0.566. The summed E-state index contributed by atoms with van der Waals surface area (Å²) in [7, 11) is 3.13. The first-order valence-corrected chi connectivity index (χ1v) is 6.49. The molecular formula is C16H13Cl2FN2O. The predicted molar refractivity (Wildman–Crippen MR) is 86.9 cm³/mol. The van der Waals surface area contributed by atoms with Crippen LogP contribution in [-0.2, 0) is 0 Å². The van der Waals surface area contributed by atoms with Gasteiger partial charge in [0.05, 0.1) is 10.6 Å². The van der Waals surface area contributed by atoms with Gasteiger partial charge in [0, 0.05) is 37.6 Å². The molecule has 0 fully saturated rings. The first kappa shape index (κ1) is 18.0. The van der Waals surface area contributed by atoms with E-state index in [-0.39, 0.29) is 18.0 Å². The Morgan fingerprint density at radius 2 is 1.86 bits per heavy atom. The standard InChI is InChI=1S/C16H12ClFN2O.ClH/c1-20(2)16(21)14-8-11(5-6-15(14)18)3-4-12-7-13(17)10-19-9-12;/h5-10H,1-2H3;1H. The number of rotatable bonds is 1. The van der Waals surface area contributed by atoms with E-state index < -0.39 is 11.7 Å². The zero-order valence-corrected chi connectivity index (χ0v) is 13.5. The monoisotopic (exact) mass is 338 g/mol. The summed E-state index contributed by atoms with van der Waals surface area (Å²) in [5.74, 6) is 4.77. The Morgan fingerprint density at radius 1 is 1.18 bits per heavy atom. The number of benzene rings is 1. The van der Waals surface area contributed by atoms with Crippen molar-refractivity contribution in [2.75, 3.05) is 14.1 Å². The molecule has 2 aromatic rings. The minimum Gasteiger partial charge on any atom is -0.345 e. The van der Waals surface area contributed by atoms with E-state index >= 15 is 0 Å². The molecule has 0 unspecified atom stereocenters. The van der Waals surface area contributed by atoms with Crippen molar-refractivity contribution in [1.29, 1.82) is 0 Å². The van der Waals surface area contributed by atoms with Crippen LogP contribution in [0.2, 0.25) is 5.02 Å². The molecule has 0 saturated carbocycles. The Labute approximate surface area is 139 Å². The van der Waals surface area contributed by atoms with Crippen LogP contribution in [-0.4, -0.2) is 29.9 Å². The molecule has 1 amide bonds. The molecule has 0 aliphatic heterocycles. The van der Waals surface area contributed by atoms with Crippen molar-refractivity contribution in [3.8, 4) is 11.8 Å². The fourth-order valence-electron chi connectivity index (χ4n) is 1.63. The number of nitrogens with zero attached hydrogens (tertiary/aromatic N) is 2. The largest absolute Gasteiger partial charge is 0.345 e. The summed E-state index contributed by atoms with van der Waals surface area (Å²) in [6.45, 7) is 0. The summed E-state index contributed by atoms with van der Waals surface area (Å²) >= 11 is 5.82. The van der Waals surface area contributed by atoms with Crippen LogP contribution in [0.1, 0.15) is 21.5 Å². The highest BCUT2D eigenvalue weighted by molar-refractivity contribution is 6.30. The van der Waals surface area contributed by atoms with Crippen molar-refractivity contribution in [3.05, 3.63) is 64.2 Å². The van der Waals surface area contributed by atoms with Gasteiger partial charge in [0.2, 0.25) is 0 Å². The Kier molecular flexibility index (Phi) is 6.36. The smallest absolute Gasteiger partial charge is 0.256 e. The fraction of sp³-hybridized carbons (Fsp3) is 0.125. The van der Waals surface area contributed by atoms with Crippen LogP contribution in [0.25, 0.3) is 0 Å². The summed E-state index contributed by atoms with van der Waals surface area (Å²) in [5, 5.41) is 0.490. The summed E-state index contributed by atoms with van der Waals surface area (Å²) < 4.78 is 13.7. The number of amides is 1. The lowest BCUT2D eigenvalue weighted by atomic mass is 10.1. The van der Waals surface area contributed by atoms with E-state index in [1.165, 1.54) is 29.3 Å².